The molecule has 0 radical (unpaired) electrons. The molecule has 3 aromatic heterocycles. The third-order valence-corrected chi connectivity index (χ3v) is 7.47. The number of aryl methyl sites for hydroxylation is 2. The molecule has 1 aliphatic carbocycles. The van der Waals surface area contributed by atoms with Gasteiger partial charge >= 0.3 is 11.7 Å². The summed E-state index contributed by atoms with van der Waals surface area (Å²) in [6.45, 7) is 5.63. The van der Waals surface area contributed by atoms with Crippen molar-refractivity contribution in [3.8, 4) is 0 Å². The second-order valence-electron chi connectivity index (χ2n) is 7.56. The maximum absolute atomic E-state index is 13.0. The molecule has 1 amide bonds. The van der Waals surface area contributed by atoms with E-state index in [0.717, 1.165) is 53.4 Å². The molecule has 0 aliphatic heterocycles. The van der Waals surface area contributed by atoms with Gasteiger partial charge in [0.15, 0.2) is 5.16 Å². The molecular formula is C22H24N4O4S2. The number of anilines is 1. The van der Waals surface area contributed by atoms with Crippen molar-refractivity contribution in [2.75, 3.05) is 11.9 Å². The van der Waals surface area contributed by atoms with Crippen LogP contribution in [-0.4, -0.2) is 38.1 Å². The normalized spacial score (nSPS) is 14.1. The fourth-order valence-electron chi connectivity index (χ4n) is 3.71. The number of carbonyl (C=O) groups is 2. The first-order valence-electron chi connectivity index (χ1n) is 10.5. The molecule has 1 N–H and O–H groups in total. The number of esters is 1. The van der Waals surface area contributed by atoms with Gasteiger partial charge in [0.2, 0.25) is 5.91 Å². The average molecular weight is 473 g/mol. The Balaban J connectivity index is 1.56. The number of thioether (sulfide) groups is 1. The van der Waals surface area contributed by atoms with Gasteiger partial charge in [0.25, 0.3) is 0 Å². The van der Waals surface area contributed by atoms with Gasteiger partial charge in [-0.2, -0.15) is 4.98 Å². The fraction of sp³-hybridized carbons (Fsp3) is 0.409. The van der Waals surface area contributed by atoms with Gasteiger partial charge < -0.3 is 10.1 Å². The highest BCUT2D eigenvalue weighted by Crippen LogP contribution is 2.39. The largest absolute Gasteiger partial charge is 0.462 e. The van der Waals surface area contributed by atoms with E-state index in [4.69, 9.17) is 4.74 Å². The van der Waals surface area contributed by atoms with Gasteiger partial charge in [-0.1, -0.05) is 17.8 Å². The van der Waals surface area contributed by atoms with Crippen LogP contribution >= 0.6 is 23.1 Å². The van der Waals surface area contributed by atoms with Gasteiger partial charge in [-0.15, -0.1) is 11.3 Å². The summed E-state index contributed by atoms with van der Waals surface area (Å²) in [4.78, 5) is 47.5. The number of nitrogens with zero attached hydrogens (tertiary/aromatic N) is 3. The first kappa shape index (κ1) is 22.5. The van der Waals surface area contributed by atoms with Crippen molar-refractivity contribution in [1.29, 1.82) is 0 Å². The number of carbonyl (C=O) groups excluding carboxylic acids is 2. The van der Waals surface area contributed by atoms with Gasteiger partial charge in [-0.05, 0) is 63.6 Å². The lowest BCUT2D eigenvalue weighted by atomic mass is 9.95. The molecule has 0 bridgehead atoms. The molecule has 10 heteroatoms. The minimum Gasteiger partial charge on any atom is -0.462 e. The van der Waals surface area contributed by atoms with E-state index in [0.29, 0.717) is 16.2 Å². The number of amides is 1. The Kier molecular flexibility index (Phi) is 6.61. The van der Waals surface area contributed by atoms with Crippen LogP contribution in [0.5, 0.6) is 0 Å². The zero-order valence-corrected chi connectivity index (χ0v) is 19.8. The van der Waals surface area contributed by atoms with E-state index >= 15 is 0 Å². The third-order valence-electron chi connectivity index (χ3n) is 5.30. The summed E-state index contributed by atoms with van der Waals surface area (Å²) in [5.74, 6) is -0.684. The highest BCUT2D eigenvalue weighted by Gasteiger charge is 2.28. The lowest BCUT2D eigenvalue weighted by Crippen LogP contribution is -2.25. The monoisotopic (exact) mass is 472 g/mol. The molecule has 4 rings (SSSR count). The number of thiophene rings is 1. The summed E-state index contributed by atoms with van der Waals surface area (Å²) in [5.41, 5.74) is 2.39. The molecule has 32 heavy (non-hydrogen) atoms. The Morgan fingerprint density at radius 2 is 2.09 bits per heavy atom. The van der Waals surface area contributed by atoms with Gasteiger partial charge in [-0.3, -0.25) is 9.20 Å². The summed E-state index contributed by atoms with van der Waals surface area (Å²) in [6.07, 6.45) is 5.42. The maximum atomic E-state index is 13.0. The fourth-order valence-corrected chi connectivity index (χ4v) is 5.74. The number of aromatic nitrogens is 3. The van der Waals surface area contributed by atoms with Crippen molar-refractivity contribution < 1.29 is 14.3 Å². The molecule has 1 aliphatic rings. The van der Waals surface area contributed by atoms with Crippen LogP contribution in [0, 0.1) is 6.92 Å². The number of hydrogen-bond donors (Lipinski definition) is 1. The smallest absolute Gasteiger partial charge is 0.355 e. The molecule has 3 heterocycles. The predicted octanol–water partition coefficient (Wildman–Crippen LogP) is 3.63. The van der Waals surface area contributed by atoms with Crippen LogP contribution in [-0.2, 0) is 22.4 Å². The van der Waals surface area contributed by atoms with E-state index < -0.39 is 16.9 Å². The number of ether oxygens (including phenoxy) is 1. The van der Waals surface area contributed by atoms with Crippen LogP contribution in [0.1, 0.15) is 53.1 Å². The van der Waals surface area contributed by atoms with Crippen molar-refractivity contribution in [2.45, 2.75) is 56.9 Å². The molecule has 1 atom stereocenters. The summed E-state index contributed by atoms with van der Waals surface area (Å²) in [5, 5.41) is 3.10. The number of pyridine rings is 1. The second kappa shape index (κ2) is 9.41. The highest BCUT2D eigenvalue weighted by atomic mass is 32.2. The average Bonchev–Trinajstić information content (AvgIpc) is 3.12. The zero-order valence-electron chi connectivity index (χ0n) is 18.1. The Hall–Kier alpha value is -2.72. The summed E-state index contributed by atoms with van der Waals surface area (Å²) in [7, 11) is 0. The Morgan fingerprint density at radius 3 is 2.88 bits per heavy atom. The Bertz CT molecular complexity index is 1250. The SMILES string of the molecule is CCOC(=O)c1c(NC(=O)C(C)Sc2nc(=O)n3cccc(C)c3n2)sc2c1CCCC2. The quantitative estimate of drug-likeness (QED) is 0.432. The van der Waals surface area contributed by atoms with Gasteiger partial charge in [0.1, 0.15) is 10.6 Å². The van der Waals surface area contributed by atoms with Crippen LogP contribution in [0.25, 0.3) is 5.65 Å². The summed E-state index contributed by atoms with van der Waals surface area (Å²) < 4.78 is 6.63. The topological polar surface area (TPSA) is 103 Å². The molecule has 8 nitrogen and oxygen atoms in total. The van der Waals surface area contributed by atoms with Crippen LogP contribution in [0.3, 0.4) is 0 Å². The van der Waals surface area contributed by atoms with Gasteiger partial charge in [0.05, 0.1) is 17.4 Å². The van der Waals surface area contributed by atoms with E-state index in [1.165, 1.54) is 15.7 Å². The molecular weight excluding hydrogens is 448 g/mol. The molecule has 0 aromatic carbocycles. The van der Waals surface area contributed by atoms with Crippen molar-refractivity contribution in [3.05, 3.63) is 50.4 Å². The van der Waals surface area contributed by atoms with Crippen LogP contribution < -0.4 is 11.0 Å². The molecule has 0 saturated carbocycles. The van der Waals surface area contributed by atoms with Crippen molar-refractivity contribution in [2.24, 2.45) is 0 Å². The van der Waals surface area contributed by atoms with E-state index in [1.54, 1.807) is 26.1 Å². The van der Waals surface area contributed by atoms with Gasteiger partial charge in [0, 0.05) is 11.1 Å². The molecule has 168 valence electrons. The summed E-state index contributed by atoms with van der Waals surface area (Å²) >= 11 is 2.56. The molecule has 1 unspecified atom stereocenters. The first-order chi connectivity index (χ1) is 15.4. The predicted molar refractivity (Wildman–Crippen MR) is 125 cm³/mol. The van der Waals surface area contributed by atoms with Crippen molar-refractivity contribution >= 4 is 45.6 Å². The van der Waals surface area contributed by atoms with Crippen LogP contribution in [0.2, 0.25) is 0 Å². The lowest BCUT2D eigenvalue weighted by molar-refractivity contribution is -0.115. The lowest BCUT2D eigenvalue weighted by Gasteiger charge is -2.13. The standard InChI is InChI=1S/C22H24N4O4S2/c1-4-30-20(28)16-14-9-5-6-10-15(14)32-19(16)24-18(27)13(3)31-21-23-17-12(2)8-7-11-26(17)22(29)25-21/h7-8,11,13H,4-6,9-10H2,1-3H3,(H,24,27). The van der Waals surface area contributed by atoms with Crippen LogP contribution in [0.15, 0.2) is 28.3 Å². The molecule has 0 fully saturated rings. The Morgan fingerprint density at radius 1 is 1.31 bits per heavy atom. The molecule has 0 spiro atoms. The van der Waals surface area contributed by atoms with E-state index in [2.05, 4.69) is 15.3 Å². The second-order valence-corrected chi connectivity index (χ2v) is 9.97. The Labute approximate surface area is 193 Å². The number of nitrogens with one attached hydrogen (secondary N) is 1. The maximum Gasteiger partial charge on any atom is 0.355 e. The minimum absolute atomic E-state index is 0.239. The number of fused-ring (bicyclic) bond motifs is 2. The van der Waals surface area contributed by atoms with E-state index in [9.17, 15) is 14.4 Å². The minimum atomic E-state index is -0.574. The zero-order chi connectivity index (χ0) is 22.8. The van der Waals surface area contributed by atoms with Crippen molar-refractivity contribution in [1.82, 2.24) is 14.4 Å². The van der Waals surface area contributed by atoms with Gasteiger partial charge in [-0.25, -0.2) is 14.6 Å². The third kappa shape index (κ3) is 4.42. The summed E-state index contributed by atoms with van der Waals surface area (Å²) in [6, 6.07) is 3.62. The van der Waals surface area contributed by atoms with Crippen LogP contribution in [0.4, 0.5) is 5.00 Å². The number of rotatable bonds is 6. The van der Waals surface area contributed by atoms with E-state index in [1.807, 2.05) is 13.0 Å². The molecule has 3 aromatic rings. The number of hydrogen-bond acceptors (Lipinski definition) is 8. The van der Waals surface area contributed by atoms with E-state index in [-0.39, 0.29) is 17.7 Å². The highest BCUT2D eigenvalue weighted by molar-refractivity contribution is 8.00. The van der Waals surface area contributed by atoms with Crippen molar-refractivity contribution in [3.63, 3.8) is 0 Å². The molecule has 0 saturated heterocycles. The first-order valence-corrected chi connectivity index (χ1v) is 12.2.